The summed E-state index contributed by atoms with van der Waals surface area (Å²) in [6, 6.07) is 8.06. The van der Waals surface area contributed by atoms with E-state index in [0.717, 1.165) is 24.0 Å². The van der Waals surface area contributed by atoms with Crippen LogP contribution in [0.4, 0.5) is 4.79 Å². The third kappa shape index (κ3) is 6.07. The van der Waals surface area contributed by atoms with E-state index in [1.54, 1.807) is 17.4 Å². The van der Waals surface area contributed by atoms with Gasteiger partial charge in [0.15, 0.2) is 0 Å². The van der Waals surface area contributed by atoms with E-state index >= 15 is 0 Å². The standard InChI is InChI=1S/C22H30N4O3/c1-22(2,3)29-21(28)26-11-6-9-19(15-26)20(27)24-13-17-7-4-5-8-18(17)14-25-12-10-23-16-25/h4-5,7-8,10,12,16,19H,6,9,11,13-15H2,1-3H3,(H,24,27)/t19-/m0/s1. The summed E-state index contributed by atoms with van der Waals surface area (Å²) in [5.74, 6) is -0.229. The molecule has 1 saturated heterocycles. The number of ether oxygens (including phenoxy) is 1. The van der Waals surface area contributed by atoms with Gasteiger partial charge in [-0.15, -0.1) is 0 Å². The van der Waals surface area contributed by atoms with E-state index in [1.807, 2.05) is 49.7 Å². The average molecular weight is 399 g/mol. The van der Waals surface area contributed by atoms with Crippen LogP contribution in [-0.2, 0) is 22.6 Å². The molecule has 0 spiro atoms. The summed E-state index contributed by atoms with van der Waals surface area (Å²) in [6.45, 7) is 7.75. The van der Waals surface area contributed by atoms with Gasteiger partial charge in [0.1, 0.15) is 5.60 Å². The second-order valence-electron chi connectivity index (χ2n) is 8.49. The number of aromatic nitrogens is 2. The molecule has 1 N–H and O–H groups in total. The largest absolute Gasteiger partial charge is 0.444 e. The molecule has 0 saturated carbocycles. The molecular formula is C22H30N4O3. The molecule has 0 radical (unpaired) electrons. The van der Waals surface area contributed by atoms with Gasteiger partial charge in [0.2, 0.25) is 5.91 Å². The van der Waals surface area contributed by atoms with Crippen LogP contribution in [0.2, 0.25) is 0 Å². The van der Waals surface area contributed by atoms with Crippen molar-refractivity contribution in [3.8, 4) is 0 Å². The maximum atomic E-state index is 12.7. The number of carbonyl (C=O) groups is 2. The molecule has 7 nitrogen and oxygen atoms in total. The molecule has 1 aromatic heterocycles. The van der Waals surface area contributed by atoms with E-state index in [1.165, 1.54) is 0 Å². The van der Waals surface area contributed by atoms with Crippen LogP contribution in [-0.4, -0.2) is 45.1 Å². The molecule has 156 valence electrons. The Hall–Kier alpha value is -2.83. The third-order valence-corrected chi connectivity index (χ3v) is 4.93. The van der Waals surface area contributed by atoms with Crippen LogP contribution < -0.4 is 5.32 Å². The van der Waals surface area contributed by atoms with Gasteiger partial charge in [0, 0.05) is 38.6 Å². The zero-order chi connectivity index (χ0) is 20.9. The van der Waals surface area contributed by atoms with Crippen molar-refractivity contribution < 1.29 is 14.3 Å². The van der Waals surface area contributed by atoms with Crippen molar-refractivity contribution in [2.24, 2.45) is 5.92 Å². The van der Waals surface area contributed by atoms with Crippen LogP contribution >= 0.6 is 0 Å². The molecule has 2 aromatic rings. The van der Waals surface area contributed by atoms with Crippen molar-refractivity contribution in [3.63, 3.8) is 0 Å². The molecule has 0 aliphatic carbocycles. The molecule has 1 aliphatic heterocycles. The van der Waals surface area contributed by atoms with Gasteiger partial charge in [-0.05, 0) is 44.7 Å². The van der Waals surface area contributed by atoms with Crippen LogP contribution in [0.25, 0.3) is 0 Å². The number of imidazole rings is 1. The number of benzene rings is 1. The van der Waals surface area contributed by atoms with Crippen molar-refractivity contribution in [3.05, 3.63) is 54.1 Å². The highest BCUT2D eigenvalue weighted by atomic mass is 16.6. The predicted molar refractivity (Wildman–Crippen MR) is 110 cm³/mol. The second kappa shape index (κ2) is 9.11. The van der Waals surface area contributed by atoms with Gasteiger partial charge in [-0.3, -0.25) is 4.79 Å². The normalized spacial score (nSPS) is 17.1. The summed E-state index contributed by atoms with van der Waals surface area (Å²) in [4.78, 5) is 30.8. The number of hydrogen-bond donors (Lipinski definition) is 1. The Kier molecular flexibility index (Phi) is 6.56. The first kappa shape index (κ1) is 20.9. The Labute approximate surface area is 172 Å². The van der Waals surface area contributed by atoms with Crippen molar-refractivity contribution in [1.29, 1.82) is 0 Å². The number of carbonyl (C=O) groups excluding carboxylic acids is 2. The first-order chi connectivity index (χ1) is 13.8. The van der Waals surface area contributed by atoms with Crippen molar-refractivity contribution >= 4 is 12.0 Å². The van der Waals surface area contributed by atoms with E-state index in [2.05, 4.69) is 16.4 Å². The number of likely N-dealkylation sites (tertiary alicyclic amines) is 1. The molecule has 1 atom stereocenters. The van der Waals surface area contributed by atoms with E-state index in [4.69, 9.17) is 4.74 Å². The second-order valence-corrected chi connectivity index (χ2v) is 8.49. The van der Waals surface area contributed by atoms with Crippen molar-refractivity contribution in [1.82, 2.24) is 19.8 Å². The van der Waals surface area contributed by atoms with Crippen LogP contribution in [0.1, 0.15) is 44.7 Å². The topological polar surface area (TPSA) is 76.5 Å². The Bertz CT molecular complexity index is 827. The summed E-state index contributed by atoms with van der Waals surface area (Å²) >= 11 is 0. The Balaban J connectivity index is 1.56. The Morgan fingerprint density at radius 3 is 2.69 bits per heavy atom. The summed E-state index contributed by atoms with van der Waals surface area (Å²) in [5.41, 5.74) is 1.68. The van der Waals surface area contributed by atoms with Gasteiger partial charge < -0.3 is 19.5 Å². The lowest BCUT2D eigenvalue weighted by Gasteiger charge is -2.33. The zero-order valence-electron chi connectivity index (χ0n) is 17.4. The molecule has 2 amide bonds. The lowest BCUT2D eigenvalue weighted by Crippen LogP contribution is -2.46. The van der Waals surface area contributed by atoms with E-state index < -0.39 is 5.60 Å². The van der Waals surface area contributed by atoms with Gasteiger partial charge >= 0.3 is 6.09 Å². The van der Waals surface area contributed by atoms with Gasteiger partial charge in [0.25, 0.3) is 0 Å². The third-order valence-electron chi connectivity index (χ3n) is 4.93. The maximum Gasteiger partial charge on any atom is 0.410 e. The molecule has 1 fully saturated rings. The molecule has 0 unspecified atom stereocenters. The minimum Gasteiger partial charge on any atom is -0.444 e. The number of amides is 2. The minimum absolute atomic E-state index is 0.0179. The fourth-order valence-electron chi connectivity index (χ4n) is 3.47. The number of rotatable bonds is 5. The quantitative estimate of drug-likeness (QED) is 0.839. The maximum absolute atomic E-state index is 12.7. The molecule has 1 aromatic carbocycles. The monoisotopic (exact) mass is 398 g/mol. The van der Waals surface area contributed by atoms with Crippen molar-refractivity contribution in [2.75, 3.05) is 13.1 Å². The zero-order valence-corrected chi connectivity index (χ0v) is 17.4. The molecular weight excluding hydrogens is 368 g/mol. The summed E-state index contributed by atoms with van der Waals surface area (Å²) in [5, 5.41) is 3.05. The Morgan fingerprint density at radius 1 is 1.24 bits per heavy atom. The first-order valence-electron chi connectivity index (χ1n) is 10.1. The smallest absolute Gasteiger partial charge is 0.410 e. The number of nitrogens with one attached hydrogen (secondary N) is 1. The summed E-state index contributed by atoms with van der Waals surface area (Å²) < 4.78 is 7.45. The van der Waals surface area contributed by atoms with Crippen LogP contribution in [0, 0.1) is 5.92 Å². The van der Waals surface area contributed by atoms with E-state index in [9.17, 15) is 9.59 Å². The highest BCUT2D eigenvalue weighted by Crippen LogP contribution is 2.20. The molecule has 1 aliphatic rings. The fraction of sp³-hybridized carbons (Fsp3) is 0.500. The van der Waals surface area contributed by atoms with Gasteiger partial charge in [0.05, 0.1) is 12.2 Å². The molecule has 3 rings (SSSR count). The lowest BCUT2D eigenvalue weighted by atomic mass is 9.97. The van der Waals surface area contributed by atoms with Crippen LogP contribution in [0.15, 0.2) is 43.0 Å². The summed E-state index contributed by atoms with van der Waals surface area (Å²) in [7, 11) is 0. The van der Waals surface area contributed by atoms with Gasteiger partial charge in [-0.1, -0.05) is 24.3 Å². The van der Waals surface area contributed by atoms with Gasteiger partial charge in [-0.25, -0.2) is 9.78 Å². The first-order valence-corrected chi connectivity index (χ1v) is 10.1. The van der Waals surface area contributed by atoms with Crippen LogP contribution in [0.5, 0.6) is 0 Å². The fourth-order valence-corrected chi connectivity index (χ4v) is 3.47. The lowest BCUT2D eigenvalue weighted by molar-refractivity contribution is -0.126. The molecule has 7 heteroatoms. The van der Waals surface area contributed by atoms with Gasteiger partial charge in [-0.2, -0.15) is 0 Å². The molecule has 0 bridgehead atoms. The predicted octanol–water partition coefficient (Wildman–Crippen LogP) is 3.19. The molecule has 29 heavy (non-hydrogen) atoms. The SMILES string of the molecule is CC(C)(C)OC(=O)N1CCC[C@H](C(=O)NCc2ccccc2Cn2ccnc2)C1. The average Bonchev–Trinajstić information content (AvgIpc) is 3.19. The minimum atomic E-state index is -0.536. The van der Waals surface area contributed by atoms with Crippen molar-refractivity contribution in [2.45, 2.75) is 52.3 Å². The molecule has 2 heterocycles. The highest BCUT2D eigenvalue weighted by molar-refractivity contribution is 5.80. The van der Waals surface area contributed by atoms with E-state index in [0.29, 0.717) is 26.2 Å². The summed E-state index contributed by atoms with van der Waals surface area (Å²) in [6.07, 6.45) is 6.69. The van der Waals surface area contributed by atoms with E-state index in [-0.39, 0.29) is 17.9 Å². The Morgan fingerprint density at radius 2 is 2.00 bits per heavy atom. The number of hydrogen-bond acceptors (Lipinski definition) is 4. The number of piperidine rings is 1. The highest BCUT2D eigenvalue weighted by Gasteiger charge is 2.30. The number of nitrogens with zero attached hydrogens (tertiary/aromatic N) is 3. The van der Waals surface area contributed by atoms with Crippen LogP contribution in [0.3, 0.4) is 0 Å².